The maximum absolute atomic E-state index is 12.9. The Labute approximate surface area is 121 Å². The zero-order valence-electron chi connectivity index (χ0n) is 11.9. The van der Waals surface area contributed by atoms with Crippen LogP contribution in [0.3, 0.4) is 0 Å². The van der Waals surface area contributed by atoms with Crippen LogP contribution >= 0.6 is 0 Å². The van der Waals surface area contributed by atoms with Crippen LogP contribution in [0.5, 0.6) is 0 Å². The van der Waals surface area contributed by atoms with Crippen LogP contribution in [0.2, 0.25) is 0 Å². The van der Waals surface area contributed by atoms with E-state index in [1.54, 1.807) is 0 Å². The van der Waals surface area contributed by atoms with Gasteiger partial charge in [-0.15, -0.1) is 10.2 Å². The Morgan fingerprint density at radius 1 is 1.19 bits per heavy atom. The fourth-order valence-corrected chi connectivity index (χ4v) is 3.64. The molecule has 2 heterocycles. The van der Waals surface area contributed by atoms with Crippen LogP contribution in [0.25, 0.3) is 0 Å². The lowest BCUT2D eigenvalue weighted by molar-refractivity contribution is -0.183. The summed E-state index contributed by atoms with van der Waals surface area (Å²) in [7, 11) is 0. The van der Waals surface area contributed by atoms with Gasteiger partial charge in [-0.2, -0.15) is 13.2 Å². The molecule has 0 bridgehead atoms. The number of rotatable bonds is 2. The van der Waals surface area contributed by atoms with Gasteiger partial charge in [-0.25, -0.2) is 0 Å². The molecule has 2 N–H and O–H groups in total. The van der Waals surface area contributed by atoms with Gasteiger partial charge in [-0.1, -0.05) is 6.42 Å². The van der Waals surface area contributed by atoms with Crippen LogP contribution < -0.4 is 5.73 Å². The fourth-order valence-electron chi connectivity index (χ4n) is 3.64. The Morgan fingerprint density at radius 2 is 2.00 bits per heavy atom. The summed E-state index contributed by atoms with van der Waals surface area (Å²) in [5, 5.41) is 8.41. The van der Waals surface area contributed by atoms with E-state index in [0.29, 0.717) is 18.9 Å². The summed E-state index contributed by atoms with van der Waals surface area (Å²) in [6.07, 6.45) is -0.539. The van der Waals surface area contributed by atoms with Gasteiger partial charge in [0.25, 0.3) is 0 Å². The highest BCUT2D eigenvalue weighted by atomic mass is 19.4. The van der Waals surface area contributed by atoms with Crippen molar-refractivity contribution in [3.63, 3.8) is 0 Å². The Hall–Kier alpha value is -1.11. The zero-order valence-corrected chi connectivity index (χ0v) is 11.9. The van der Waals surface area contributed by atoms with E-state index in [4.69, 9.17) is 5.73 Å². The normalized spacial score (nSPS) is 30.2. The summed E-state index contributed by atoms with van der Waals surface area (Å²) < 4.78 is 40.8. The van der Waals surface area contributed by atoms with Gasteiger partial charge in [-0.3, -0.25) is 0 Å². The van der Waals surface area contributed by atoms with Gasteiger partial charge in [0.05, 0.1) is 5.92 Å². The van der Waals surface area contributed by atoms with E-state index in [2.05, 4.69) is 10.2 Å². The van der Waals surface area contributed by atoms with E-state index in [-0.39, 0.29) is 18.8 Å². The molecular formula is C14H21F3N4. The van der Waals surface area contributed by atoms with Crippen LogP contribution in [0.15, 0.2) is 0 Å². The third-order valence-electron chi connectivity index (χ3n) is 4.92. The SMILES string of the molecule is NCC1CCn2c(nnc2C2CCCC(C(F)(F)F)C2)C1. The smallest absolute Gasteiger partial charge is 0.330 e. The van der Waals surface area contributed by atoms with Crippen molar-refractivity contribution in [2.45, 2.75) is 57.2 Å². The van der Waals surface area contributed by atoms with E-state index in [1.165, 1.54) is 0 Å². The summed E-state index contributed by atoms with van der Waals surface area (Å²) in [5.41, 5.74) is 5.69. The summed E-state index contributed by atoms with van der Waals surface area (Å²) in [6.45, 7) is 1.41. The van der Waals surface area contributed by atoms with Crippen molar-refractivity contribution in [2.24, 2.45) is 17.6 Å². The molecule has 3 unspecified atom stereocenters. The molecule has 118 valence electrons. The van der Waals surface area contributed by atoms with Crippen molar-refractivity contribution in [3.05, 3.63) is 11.6 Å². The standard InChI is InChI=1S/C14H21F3N4/c15-14(16,17)11-3-1-2-10(7-11)13-20-19-12-6-9(8-18)4-5-21(12)13/h9-11H,1-8,18H2. The number of hydrogen-bond donors (Lipinski definition) is 1. The van der Waals surface area contributed by atoms with Crippen molar-refractivity contribution in [1.82, 2.24) is 14.8 Å². The van der Waals surface area contributed by atoms with Crippen LogP contribution in [0.1, 0.15) is 49.7 Å². The second-order valence-corrected chi connectivity index (χ2v) is 6.32. The maximum Gasteiger partial charge on any atom is 0.391 e. The summed E-state index contributed by atoms with van der Waals surface area (Å²) in [5.74, 6) is 0.768. The molecule has 3 atom stereocenters. The van der Waals surface area contributed by atoms with E-state index in [0.717, 1.165) is 37.5 Å². The third kappa shape index (κ3) is 2.93. The molecule has 0 aromatic carbocycles. The molecule has 1 aliphatic heterocycles. The van der Waals surface area contributed by atoms with Crippen LogP contribution in [0.4, 0.5) is 13.2 Å². The monoisotopic (exact) mass is 302 g/mol. The highest BCUT2D eigenvalue weighted by Gasteiger charge is 2.43. The first-order valence-corrected chi connectivity index (χ1v) is 7.67. The predicted octanol–water partition coefficient (Wildman–Crippen LogP) is 2.64. The third-order valence-corrected chi connectivity index (χ3v) is 4.92. The Balaban J connectivity index is 1.77. The summed E-state index contributed by atoms with van der Waals surface area (Å²) in [4.78, 5) is 0. The van der Waals surface area contributed by atoms with Crippen LogP contribution in [-0.2, 0) is 13.0 Å². The van der Waals surface area contributed by atoms with E-state index in [1.807, 2.05) is 4.57 Å². The number of nitrogens with two attached hydrogens (primary N) is 1. The van der Waals surface area contributed by atoms with Crippen molar-refractivity contribution < 1.29 is 13.2 Å². The zero-order chi connectivity index (χ0) is 15.0. The molecule has 1 aliphatic carbocycles. The highest BCUT2D eigenvalue weighted by Crippen LogP contribution is 2.43. The largest absolute Gasteiger partial charge is 0.391 e. The molecule has 0 radical (unpaired) electrons. The van der Waals surface area contributed by atoms with Gasteiger partial charge in [0.2, 0.25) is 0 Å². The average Bonchev–Trinajstić information content (AvgIpc) is 2.89. The van der Waals surface area contributed by atoms with Crippen molar-refractivity contribution >= 4 is 0 Å². The van der Waals surface area contributed by atoms with E-state index >= 15 is 0 Å². The summed E-state index contributed by atoms with van der Waals surface area (Å²) >= 11 is 0. The number of halogens is 3. The average molecular weight is 302 g/mol. The fraction of sp³-hybridized carbons (Fsp3) is 0.857. The van der Waals surface area contributed by atoms with Crippen LogP contribution in [-0.4, -0.2) is 27.5 Å². The van der Waals surface area contributed by atoms with Gasteiger partial charge in [0, 0.05) is 18.9 Å². The molecule has 2 aliphatic rings. The Kier molecular flexibility index (Phi) is 3.94. The second-order valence-electron chi connectivity index (χ2n) is 6.32. The lowest BCUT2D eigenvalue weighted by Gasteiger charge is -2.31. The predicted molar refractivity (Wildman–Crippen MR) is 71.6 cm³/mol. The maximum atomic E-state index is 12.9. The van der Waals surface area contributed by atoms with Gasteiger partial charge in [0.1, 0.15) is 11.6 Å². The Morgan fingerprint density at radius 3 is 2.71 bits per heavy atom. The first-order chi connectivity index (χ1) is 9.99. The molecular weight excluding hydrogens is 281 g/mol. The number of aromatic nitrogens is 3. The second kappa shape index (κ2) is 5.59. The van der Waals surface area contributed by atoms with Gasteiger partial charge in [0.15, 0.2) is 0 Å². The highest BCUT2D eigenvalue weighted by molar-refractivity contribution is 5.07. The Bertz CT molecular complexity index is 497. The van der Waals surface area contributed by atoms with Gasteiger partial charge < -0.3 is 10.3 Å². The molecule has 1 saturated carbocycles. The van der Waals surface area contributed by atoms with Gasteiger partial charge >= 0.3 is 6.18 Å². The number of nitrogens with zero attached hydrogens (tertiary/aromatic N) is 3. The van der Waals surface area contributed by atoms with E-state index < -0.39 is 12.1 Å². The summed E-state index contributed by atoms with van der Waals surface area (Å²) in [6, 6.07) is 0. The molecule has 1 fully saturated rings. The van der Waals surface area contributed by atoms with Crippen molar-refractivity contribution in [3.8, 4) is 0 Å². The molecule has 0 saturated heterocycles. The molecule has 3 rings (SSSR count). The molecule has 0 amide bonds. The van der Waals surface area contributed by atoms with Gasteiger partial charge in [-0.05, 0) is 38.1 Å². The number of fused-ring (bicyclic) bond motifs is 1. The first kappa shape index (κ1) is 14.8. The minimum Gasteiger partial charge on any atom is -0.330 e. The van der Waals surface area contributed by atoms with Crippen molar-refractivity contribution in [2.75, 3.05) is 6.54 Å². The minimum absolute atomic E-state index is 0.110. The molecule has 1 aromatic rings. The van der Waals surface area contributed by atoms with Crippen LogP contribution in [0, 0.1) is 11.8 Å². The molecule has 1 aromatic heterocycles. The lowest BCUT2D eigenvalue weighted by Crippen LogP contribution is -2.30. The topological polar surface area (TPSA) is 56.7 Å². The minimum atomic E-state index is -4.09. The quantitative estimate of drug-likeness (QED) is 0.913. The number of hydrogen-bond acceptors (Lipinski definition) is 3. The molecule has 7 heteroatoms. The first-order valence-electron chi connectivity index (χ1n) is 7.67. The van der Waals surface area contributed by atoms with E-state index in [9.17, 15) is 13.2 Å². The molecule has 4 nitrogen and oxygen atoms in total. The van der Waals surface area contributed by atoms with Crippen molar-refractivity contribution in [1.29, 1.82) is 0 Å². The molecule has 0 spiro atoms. The lowest BCUT2D eigenvalue weighted by atomic mass is 9.80. The molecule has 21 heavy (non-hydrogen) atoms. The number of alkyl halides is 3.